The van der Waals surface area contributed by atoms with E-state index in [1.165, 1.54) is 19.2 Å². The maximum atomic E-state index is 13.4. The number of rotatable bonds is 3. The SMILES string of the molecule is COC(=O)C(F)c1cccc(F)c1OC. The van der Waals surface area contributed by atoms with Gasteiger partial charge in [0.05, 0.1) is 14.2 Å². The predicted molar refractivity (Wildman–Crippen MR) is 48.8 cm³/mol. The van der Waals surface area contributed by atoms with E-state index in [-0.39, 0.29) is 11.3 Å². The number of esters is 1. The van der Waals surface area contributed by atoms with Gasteiger partial charge in [-0.3, -0.25) is 0 Å². The van der Waals surface area contributed by atoms with Gasteiger partial charge >= 0.3 is 5.97 Å². The number of hydrogen-bond donors (Lipinski definition) is 0. The van der Waals surface area contributed by atoms with Crippen LogP contribution in [0, 0.1) is 5.82 Å². The van der Waals surface area contributed by atoms with Crippen LogP contribution in [0.4, 0.5) is 8.78 Å². The van der Waals surface area contributed by atoms with Gasteiger partial charge in [0.1, 0.15) is 0 Å². The summed E-state index contributed by atoms with van der Waals surface area (Å²) in [4.78, 5) is 10.9. The summed E-state index contributed by atoms with van der Waals surface area (Å²) in [6, 6.07) is 3.68. The molecule has 0 fully saturated rings. The Morgan fingerprint density at radius 1 is 1.40 bits per heavy atom. The van der Waals surface area contributed by atoms with E-state index < -0.39 is 18.0 Å². The molecule has 82 valence electrons. The maximum Gasteiger partial charge on any atom is 0.345 e. The molecular weight excluding hydrogens is 206 g/mol. The monoisotopic (exact) mass is 216 g/mol. The van der Waals surface area contributed by atoms with Crippen molar-refractivity contribution in [3.05, 3.63) is 29.6 Å². The summed E-state index contributed by atoms with van der Waals surface area (Å²) in [5.41, 5.74) is -0.177. The number of hydrogen-bond acceptors (Lipinski definition) is 3. The first-order valence-electron chi connectivity index (χ1n) is 4.16. The molecule has 0 spiro atoms. The molecule has 0 aliphatic heterocycles. The predicted octanol–water partition coefficient (Wildman–Crippen LogP) is 2.02. The van der Waals surface area contributed by atoms with Crippen LogP contribution >= 0.6 is 0 Å². The second kappa shape index (κ2) is 4.72. The van der Waals surface area contributed by atoms with Crippen LogP contribution in [0.2, 0.25) is 0 Å². The molecule has 0 saturated carbocycles. The van der Waals surface area contributed by atoms with E-state index in [1.807, 2.05) is 0 Å². The van der Waals surface area contributed by atoms with Crippen LogP contribution in [0.5, 0.6) is 5.75 Å². The minimum Gasteiger partial charge on any atom is -0.493 e. The molecule has 5 heteroatoms. The van der Waals surface area contributed by atoms with Gasteiger partial charge in [-0.2, -0.15) is 0 Å². The van der Waals surface area contributed by atoms with Gasteiger partial charge in [-0.25, -0.2) is 13.6 Å². The molecule has 1 atom stereocenters. The zero-order chi connectivity index (χ0) is 11.4. The molecule has 1 rings (SSSR count). The lowest BCUT2D eigenvalue weighted by molar-refractivity contribution is -0.146. The Labute approximate surface area is 85.6 Å². The third-order valence-electron chi connectivity index (χ3n) is 1.88. The first-order chi connectivity index (χ1) is 7.11. The van der Waals surface area contributed by atoms with Gasteiger partial charge in [0.25, 0.3) is 0 Å². The molecule has 0 N–H and O–H groups in total. The first-order valence-corrected chi connectivity index (χ1v) is 4.16. The second-order valence-electron chi connectivity index (χ2n) is 2.75. The lowest BCUT2D eigenvalue weighted by Gasteiger charge is -2.11. The van der Waals surface area contributed by atoms with E-state index >= 15 is 0 Å². The summed E-state index contributed by atoms with van der Waals surface area (Å²) < 4.78 is 35.5. The molecule has 3 nitrogen and oxygen atoms in total. The van der Waals surface area contributed by atoms with Crippen molar-refractivity contribution in [2.75, 3.05) is 14.2 Å². The highest BCUT2D eigenvalue weighted by molar-refractivity contribution is 5.77. The number of halogens is 2. The average Bonchev–Trinajstić information content (AvgIpc) is 2.26. The summed E-state index contributed by atoms with van der Waals surface area (Å²) in [5, 5.41) is 0. The van der Waals surface area contributed by atoms with E-state index in [0.717, 1.165) is 13.2 Å². The maximum absolute atomic E-state index is 13.4. The molecule has 0 bridgehead atoms. The van der Waals surface area contributed by atoms with Crippen molar-refractivity contribution < 1.29 is 23.0 Å². The van der Waals surface area contributed by atoms with Crippen molar-refractivity contribution in [3.8, 4) is 5.75 Å². The molecule has 1 aromatic carbocycles. The zero-order valence-corrected chi connectivity index (χ0v) is 8.29. The molecular formula is C10H10F2O3. The second-order valence-corrected chi connectivity index (χ2v) is 2.75. The summed E-state index contributed by atoms with van der Waals surface area (Å²) in [6.45, 7) is 0. The van der Waals surface area contributed by atoms with Crippen molar-refractivity contribution in [1.82, 2.24) is 0 Å². The van der Waals surface area contributed by atoms with Crippen LogP contribution in [0.15, 0.2) is 18.2 Å². The van der Waals surface area contributed by atoms with E-state index in [4.69, 9.17) is 0 Å². The van der Waals surface area contributed by atoms with Crippen LogP contribution in [0.25, 0.3) is 0 Å². The Hall–Kier alpha value is -1.65. The number of ether oxygens (including phenoxy) is 2. The highest BCUT2D eigenvalue weighted by Crippen LogP contribution is 2.30. The van der Waals surface area contributed by atoms with E-state index in [2.05, 4.69) is 9.47 Å². The summed E-state index contributed by atoms with van der Waals surface area (Å²) in [6.07, 6.45) is -2.04. The van der Waals surface area contributed by atoms with Crippen molar-refractivity contribution in [2.24, 2.45) is 0 Å². The Kier molecular flexibility index (Phi) is 3.60. The molecule has 0 heterocycles. The number of alkyl halides is 1. The fourth-order valence-electron chi connectivity index (χ4n) is 1.17. The van der Waals surface area contributed by atoms with E-state index in [1.54, 1.807) is 0 Å². The van der Waals surface area contributed by atoms with Crippen LogP contribution in [0.3, 0.4) is 0 Å². The molecule has 0 aliphatic rings. The highest BCUT2D eigenvalue weighted by atomic mass is 19.1. The standard InChI is InChI=1S/C10H10F2O3/c1-14-9-6(4-3-5-7(9)11)8(12)10(13)15-2/h3-5,8H,1-2H3. The minimum atomic E-state index is -2.04. The van der Waals surface area contributed by atoms with Gasteiger partial charge in [-0.1, -0.05) is 12.1 Å². The summed E-state index contributed by atoms with van der Waals surface area (Å²) in [7, 11) is 2.26. The van der Waals surface area contributed by atoms with Crippen molar-refractivity contribution >= 4 is 5.97 Å². The highest BCUT2D eigenvalue weighted by Gasteiger charge is 2.25. The van der Waals surface area contributed by atoms with Gasteiger partial charge in [0.15, 0.2) is 11.6 Å². The Morgan fingerprint density at radius 3 is 2.60 bits per heavy atom. The van der Waals surface area contributed by atoms with Gasteiger partial charge in [-0.15, -0.1) is 0 Å². The molecule has 1 aromatic rings. The van der Waals surface area contributed by atoms with Crippen LogP contribution in [-0.2, 0) is 9.53 Å². The lowest BCUT2D eigenvalue weighted by atomic mass is 10.1. The number of carbonyl (C=O) groups excluding carboxylic acids is 1. The van der Waals surface area contributed by atoms with Crippen molar-refractivity contribution in [1.29, 1.82) is 0 Å². The molecule has 0 amide bonds. The number of carbonyl (C=O) groups is 1. The summed E-state index contributed by atoms with van der Waals surface area (Å²) >= 11 is 0. The normalized spacial score (nSPS) is 12.0. The number of methoxy groups -OCH3 is 2. The van der Waals surface area contributed by atoms with Gasteiger partial charge < -0.3 is 9.47 Å². The zero-order valence-electron chi connectivity index (χ0n) is 8.29. The Bertz CT molecular complexity index is 366. The summed E-state index contributed by atoms with van der Waals surface area (Å²) in [5.74, 6) is -2.09. The van der Waals surface area contributed by atoms with Gasteiger partial charge in [0.2, 0.25) is 6.17 Å². The number of para-hydroxylation sites is 1. The van der Waals surface area contributed by atoms with Crippen LogP contribution in [0.1, 0.15) is 11.7 Å². The van der Waals surface area contributed by atoms with Crippen molar-refractivity contribution in [2.45, 2.75) is 6.17 Å². The lowest BCUT2D eigenvalue weighted by Crippen LogP contribution is -2.11. The van der Waals surface area contributed by atoms with Crippen molar-refractivity contribution in [3.63, 3.8) is 0 Å². The van der Waals surface area contributed by atoms with E-state index in [9.17, 15) is 13.6 Å². The largest absolute Gasteiger partial charge is 0.493 e. The average molecular weight is 216 g/mol. The fraction of sp³-hybridized carbons (Fsp3) is 0.300. The molecule has 0 aliphatic carbocycles. The Balaban J connectivity index is 3.13. The van der Waals surface area contributed by atoms with Gasteiger partial charge in [-0.05, 0) is 6.07 Å². The smallest absolute Gasteiger partial charge is 0.345 e. The molecule has 0 aromatic heterocycles. The van der Waals surface area contributed by atoms with Crippen LogP contribution < -0.4 is 4.74 Å². The fourth-order valence-corrected chi connectivity index (χ4v) is 1.17. The number of benzene rings is 1. The third kappa shape index (κ3) is 2.23. The minimum absolute atomic E-state index is 0.177. The van der Waals surface area contributed by atoms with Crippen LogP contribution in [-0.4, -0.2) is 20.2 Å². The van der Waals surface area contributed by atoms with Gasteiger partial charge in [0, 0.05) is 5.56 Å². The van der Waals surface area contributed by atoms with E-state index in [0.29, 0.717) is 0 Å². The molecule has 0 saturated heterocycles. The quantitative estimate of drug-likeness (QED) is 0.725. The molecule has 1 unspecified atom stereocenters. The first kappa shape index (κ1) is 11.4. The third-order valence-corrected chi connectivity index (χ3v) is 1.88. The Morgan fingerprint density at radius 2 is 2.07 bits per heavy atom. The molecule has 0 radical (unpaired) electrons. The molecule has 15 heavy (non-hydrogen) atoms. The topological polar surface area (TPSA) is 35.5 Å².